The lowest BCUT2D eigenvalue weighted by molar-refractivity contribution is -0.141. The molecule has 2 aliphatic heterocycles. The van der Waals surface area contributed by atoms with Crippen LogP contribution in [0.2, 0.25) is 0 Å². The highest BCUT2D eigenvalue weighted by Crippen LogP contribution is 2.50. The third kappa shape index (κ3) is 1.80. The fraction of sp³-hybridized carbons (Fsp3) is 0.400. The molecular formula is C20H21N3O. The van der Waals surface area contributed by atoms with Crippen molar-refractivity contribution in [3.05, 3.63) is 53.9 Å². The van der Waals surface area contributed by atoms with Crippen molar-refractivity contribution in [2.75, 3.05) is 23.4 Å². The van der Waals surface area contributed by atoms with Crippen molar-refractivity contribution in [1.29, 1.82) is 0 Å². The maximum Gasteiger partial charge on any atom is 0.235 e. The van der Waals surface area contributed by atoms with E-state index in [9.17, 15) is 4.79 Å². The van der Waals surface area contributed by atoms with E-state index in [1.165, 1.54) is 23.2 Å². The highest BCUT2D eigenvalue weighted by atomic mass is 16.2. The molecule has 2 aromatic rings. The van der Waals surface area contributed by atoms with Gasteiger partial charge in [-0.05, 0) is 42.5 Å². The molecule has 1 saturated heterocycles. The van der Waals surface area contributed by atoms with Crippen LogP contribution in [0.5, 0.6) is 0 Å². The van der Waals surface area contributed by atoms with Gasteiger partial charge in [0, 0.05) is 25.5 Å². The smallest absolute Gasteiger partial charge is 0.235 e. The Morgan fingerprint density at radius 1 is 1.21 bits per heavy atom. The third-order valence-electron chi connectivity index (χ3n) is 6.16. The minimum absolute atomic E-state index is 0.0175. The van der Waals surface area contributed by atoms with Gasteiger partial charge in [0.1, 0.15) is 0 Å². The van der Waals surface area contributed by atoms with Crippen LogP contribution in [0.25, 0.3) is 0 Å². The Morgan fingerprint density at radius 2 is 2.04 bits per heavy atom. The van der Waals surface area contributed by atoms with Gasteiger partial charge in [-0.15, -0.1) is 0 Å². The zero-order chi connectivity index (χ0) is 16.3. The van der Waals surface area contributed by atoms with E-state index in [4.69, 9.17) is 0 Å². The van der Waals surface area contributed by atoms with Crippen LogP contribution in [0, 0.1) is 5.41 Å². The Bertz CT molecular complexity index is 827. The molecule has 0 N–H and O–H groups in total. The predicted molar refractivity (Wildman–Crippen MR) is 94.2 cm³/mol. The van der Waals surface area contributed by atoms with Gasteiger partial charge in [-0.25, -0.2) is 0 Å². The maximum absolute atomic E-state index is 12.5. The molecule has 0 bridgehead atoms. The molecule has 1 saturated carbocycles. The second-order valence-electron chi connectivity index (χ2n) is 7.46. The molecule has 4 heteroatoms. The molecule has 1 aromatic heterocycles. The third-order valence-corrected chi connectivity index (χ3v) is 6.16. The topological polar surface area (TPSA) is 36.4 Å². The summed E-state index contributed by atoms with van der Waals surface area (Å²) in [5.74, 6) is 0.302. The number of likely N-dealkylation sites (N-methyl/N-ethyl adjacent to an activating group) is 1. The molecule has 4 nitrogen and oxygen atoms in total. The quantitative estimate of drug-likeness (QED) is 0.797. The molecule has 1 aliphatic carbocycles. The summed E-state index contributed by atoms with van der Waals surface area (Å²) in [4.78, 5) is 21.2. The van der Waals surface area contributed by atoms with Gasteiger partial charge in [-0.3, -0.25) is 9.78 Å². The zero-order valence-electron chi connectivity index (χ0n) is 13.9. The van der Waals surface area contributed by atoms with Gasteiger partial charge in [0.2, 0.25) is 5.91 Å². The number of rotatable bonds is 2. The summed E-state index contributed by atoms with van der Waals surface area (Å²) in [5.41, 5.74) is 4.80. The first-order valence-electron chi connectivity index (χ1n) is 8.76. The van der Waals surface area contributed by atoms with Gasteiger partial charge < -0.3 is 9.80 Å². The molecule has 1 amide bonds. The molecule has 0 radical (unpaired) electrons. The Hall–Kier alpha value is -2.36. The SMILES string of the molecule is CN1c2ccccc2CC1c1cncc(N2CC3(CCC3)C2=O)c1. The van der Waals surface area contributed by atoms with Crippen molar-refractivity contribution >= 4 is 17.3 Å². The average molecular weight is 319 g/mol. The van der Waals surface area contributed by atoms with Crippen LogP contribution in [0.15, 0.2) is 42.7 Å². The summed E-state index contributed by atoms with van der Waals surface area (Å²) in [6, 6.07) is 11.0. The fourth-order valence-corrected chi connectivity index (χ4v) is 4.48. The van der Waals surface area contributed by atoms with Crippen molar-refractivity contribution in [3.8, 4) is 0 Å². The first-order chi connectivity index (χ1) is 11.7. The number of hydrogen-bond donors (Lipinski definition) is 0. The van der Waals surface area contributed by atoms with Gasteiger partial charge >= 0.3 is 0 Å². The Kier molecular flexibility index (Phi) is 2.82. The number of aromatic nitrogens is 1. The second kappa shape index (κ2) is 4.82. The zero-order valence-corrected chi connectivity index (χ0v) is 13.9. The van der Waals surface area contributed by atoms with Crippen LogP contribution in [0.3, 0.4) is 0 Å². The Labute approximate surface area is 142 Å². The number of hydrogen-bond acceptors (Lipinski definition) is 3. The summed E-state index contributed by atoms with van der Waals surface area (Å²) in [5, 5.41) is 0. The highest BCUT2D eigenvalue weighted by Gasteiger charge is 2.56. The van der Waals surface area contributed by atoms with Crippen molar-refractivity contribution in [3.63, 3.8) is 0 Å². The predicted octanol–water partition coefficient (Wildman–Crippen LogP) is 3.33. The lowest BCUT2D eigenvalue weighted by Gasteiger charge is -2.54. The van der Waals surface area contributed by atoms with Gasteiger partial charge in [0.15, 0.2) is 0 Å². The van der Waals surface area contributed by atoms with Gasteiger partial charge in [0.05, 0.1) is 23.3 Å². The normalized spacial score (nSPS) is 23.9. The lowest BCUT2D eigenvalue weighted by Crippen LogP contribution is -2.64. The number of β-lactam (4-membered cyclic amide) rings is 1. The molecule has 5 rings (SSSR count). The summed E-state index contributed by atoms with van der Waals surface area (Å²) in [6.45, 7) is 0.873. The second-order valence-corrected chi connectivity index (χ2v) is 7.46. The molecule has 1 spiro atoms. The Morgan fingerprint density at radius 3 is 2.75 bits per heavy atom. The van der Waals surface area contributed by atoms with Gasteiger partial charge in [0.25, 0.3) is 0 Å². The first-order valence-corrected chi connectivity index (χ1v) is 8.76. The number of pyridine rings is 1. The molecular weight excluding hydrogens is 298 g/mol. The molecule has 2 fully saturated rings. The van der Waals surface area contributed by atoms with Crippen LogP contribution in [0.4, 0.5) is 11.4 Å². The molecule has 3 aliphatic rings. The standard InChI is InChI=1S/C20H21N3O/c1-22-17-6-3-2-5-14(17)10-18(22)15-9-16(12-21-11-15)23-13-20(19(23)24)7-4-8-20/h2-3,5-6,9,11-12,18H,4,7-8,10,13H2,1H3. The molecule has 3 heterocycles. The number of benzene rings is 1. The van der Waals surface area contributed by atoms with E-state index < -0.39 is 0 Å². The monoisotopic (exact) mass is 319 g/mol. The van der Waals surface area contributed by atoms with E-state index >= 15 is 0 Å². The van der Waals surface area contributed by atoms with Crippen LogP contribution in [-0.2, 0) is 11.2 Å². The number of nitrogens with zero attached hydrogens (tertiary/aromatic N) is 3. The minimum Gasteiger partial charge on any atom is -0.367 e. The molecule has 1 unspecified atom stereocenters. The molecule has 122 valence electrons. The van der Waals surface area contributed by atoms with E-state index in [1.807, 2.05) is 17.3 Å². The van der Waals surface area contributed by atoms with E-state index in [0.29, 0.717) is 11.9 Å². The van der Waals surface area contributed by atoms with E-state index in [-0.39, 0.29) is 5.41 Å². The highest BCUT2D eigenvalue weighted by molar-refractivity contribution is 6.05. The van der Waals surface area contributed by atoms with Crippen LogP contribution in [0.1, 0.15) is 36.4 Å². The number of anilines is 2. The molecule has 1 aromatic carbocycles. The average Bonchev–Trinajstić information content (AvgIpc) is 2.90. The summed E-state index contributed by atoms with van der Waals surface area (Å²) < 4.78 is 0. The number of para-hydroxylation sites is 1. The molecule has 24 heavy (non-hydrogen) atoms. The number of amides is 1. The number of carbonyl (C=O) groups excluding carboxylic acids is 1. The maximum atomic E-state index is 12.5. The van der Waals surface area contributed by atoms with Crippen molar-refractivity contribution in [1.82, 2.24) is 4.98 Å². The largest absolute Gasteiger partial charge is 0.367 e. The van der Waals surface area contributed by atoms with Gasteiger partial charge in [-0.2, -0.15) is 0 Å². The summed E-state index contributed by atoms with van der Waals surface area (Å²) >= 11 is 0. The van der Waals surface area contributed by atoms with Crippen LogP contribution < -0.4 is 9.80 Å². The molecule has 1 atom stereocenters. The number of fused-ring (bicyclic) bond motifs is 1. The fourth-order valence-electron chi connectivity index (χ4n) is 4.48. The van der Waals surface area contributed by atoms with Gasteiger partial charge in [-0.1, -0.05) is 24.6 Å². The lowest BCUT2D eigenvalue weighted by atomic mass is 9.62. The summed E-state index contributed by atoms with van der Waals surface area (Å²) in [7, 11) is 2.14. The van der Waals surface area contributed by atoms with Crippen molar-refractivity contribution < 1.29 is 4.79 Å². The minimum atomic E-state index is -0.0175. The van der Waals surface area contributed by atoms with E-state index in [0.717, 1.165) is 31.5 Å². The van der Waals surface area contributed by atoms with E-state index in [2.05, 4.69) is 47.3 Å². The number of carbonyl (C=O) groups is 1. The van der Waals surface area contributed by atoms with E-state index in [1.54, 1.807) is 0 Å². The first kappa shape index (κ1) is 14.0. The van der Waals surface area contributed by atoms with Crippen molar-refractivity contribution in [2.45, 2.75) is 31.7 Å². The Balaban J connectivity index is 1.42. The van der Waals surface area contributed by atoms with Crippen molar-refractivity contribution in [2.24, 2.45) is 5.41 Å². The summed E-state index contributed by atoms with van der Waals surface area (Å²) in [6.07, 6.45) is 8.10. The van der Waals surface area contributed by atoms with Crippen LogP contribution >= 0.6 is 0 Å². The van der Waals surface area contributed by atoms with Crippen LogP contribution in [-0.4, -0.2) is 24.5 Å².